The Bertz CT molecular complexity index is 849. The fourth-order valence-electron chi connectivity index (χ4n) is 1.79. The number of aryl methyl sites for hydroxylation is 1. The first kappa shape index (κ1) is 17.2. The zero-order valence-electron chi connectivity index (χ0n) is 12.4. The van der Waals surface area contributed by atoms with Gasteiger partial charge in [-0.3, -0.25) is 25.1 Å². The van der Waals surface area contributed by atoms with Crippen molar-refractivity contribution in [1.29, 1.82) is 5.26 Å². The van der Waals surface area contributed by atoms with Crippen LogP contribution in [0.1, 0.15) is 15.9 Å². The minimum Gasteiger partial charge on any atom is -0.275 e. The molecule has 9 heteroatoms. The van der Waals surface area contributed by atoms with Crippen LogP contribution in [0.25, 0.3) is 6.08 Å². The second-order valence-electron chi connectivity index (χ2n) is 4.62. The van der Waals surface area contributed by atoms with Gasteiger partial charge in [0, 0.05) is 18.8 Å². The van der Waals surface area contributed by atoms with E-state index in [1.54, 1.807) is 19.3 Å². The average molecular weight is 348 g/mol. The highest BCUT2D eigenvalue weighted by atomic mass is 35.5. The van der Waals surface area contributed by atoms with Crippen molar-refractivity contribution < 1.29 is 14.0 Å². The monoisotopic (exact) mass is 347 g/mol. The van der Waals surface area contributed by atoms with E-state index in [-0.39, 0.29) is 10.6 Å². The summed E-state index contributed by atoms with van der Waals surface area (Å²) in [6.45, 7) is 0. The Balaban J connectivity index is 2.08. The number of hydrazine groups is 1. The molecule has 1 aromatic carbocycles. The first-order valence-electron chi connectivity index (χ1n) is 6.57. The summed E-state index contributed by atoms with van der Waals surface area (Å²) in [5.74, 6) is -2.63. The van der Waals surface area contributed by atoms with Gasteiger partial charge >= 0.3 is 0 Å². The van der Waals surface area contributed by atoms with Crippen LogP contribution in [0.15, 0.2) is 36.2 Å². The van der Waals surface area contributed by atoms with Gasteiger partial charge in [0.05, 0.1) is 16.8 Å². The molecule has 7 nitrogen and oxygen atoms in total. The maximum absolute atomic E-state index is 13.6. The van der Waals surface area contributed by atoms with Crippen LogP contribution in [-0.4, -0.2) is 21.6 Å². The van der Waals surface area contributed by atoms with E-state index in [2.05, 4.69) is 5.10 Å². The zero-order chi connectivity index (χ0) is 17.7. The molecule has 0 fully saturated rings. The lowest BCUT2D eigenvalue weighted by Gasteiger charge is -2.08. The molecular formula is C15H11ClFN5O2. The quantitative estimate of drug-likeness (QED) is 0.500. The number of aromatic nitrogens is 2. The molecule has 0 aliphatic heterocycles. The topological polar surface area (TPSA) is 99.8 Å². The van der Waals surface area contributed by atoms with Crippen molar-refractivity contribution in [2.75, 3.05) is 0 Å². The summed E-state index contributed by atoms with van der Waals surface area (Å²) in [7, 11) is 1.68. The van der Waals surface area contributed by atoms with Crippen molar-refractivity contribution in [3.8, 4) is 6.07 Å². The molecular weight excluding hydrogens is 337 g/mol. The van der Waals surface area contributed by atoms with E-state index >= 15 is 0 Å². The van der Waals surface area contributed by atoms with Crippen LogP contribution >= 0.6 is 11.6 Å². The summed E-state index contributed by atoms with van der Waals surface area (Å²) in [5.41, 5.74) is 3.91. The van der Waals surface area contributed by atoms with Crippen molar-refractivity contribution in [2.45, 2.75) is 0 Å². The van der Waals surface area contributed by atoms with Gasteiger partial charge in [-0.1, -0.05) is 17.7 Å². The summed E-state index contributed by atoms with van der Waals surface area (Å²) in [5, 5.41) is 12.8. The number of carbonyl (C=O) groups excluding carboxylic acids is 2. The molecule has 2 N–H and O–H groups in total. The molecule has 1 heterocycles. The number of nitrogens with one attached hydrogen (secondary N) is 2. The first-order chi connectivity index (χ1) is 11.4. The van der Waals surface area contributed by atoms with Gasteiger partial charge in [0.1, 0.15) is 17.5 Å². The molecule has 0 atom stereocenters. The number of hydrogen-bond donors (Lipinski definition) is 2. The van der Waals surface area contributed by atoms with Gasteiger partial charge in [-0.15, -0.1) is 0 Å². The van der Waals surface area contributed by atoms with E-state index in [0.29, 0.717) is 5.56 Å². The standard InChI is InChI=1S/C15H11ClFN5O2/c1-22-8-9(7-19-22)5-10(6-18)14(23)20-21-15(24)13-11(16)3-2-4-12(13)17/h2-5,7-8H,1H3,(H,20,23)(H,21,24)/b10-5+. The molecule has 0 unspecified atom stereocenters. The number of carbonyl (C=O) groups is 2. The lowest BCUT2D eigenvalue weighted by molar-refractivity contribution is -0.117. The molecule has 0 aliphatic rings. The van der Waals surface area contributed by atoms with E-state index < -0.39 is 23.2 Å². The van der Waals surface area contributed by atoms with Crippen LogP contribution in [0, 0.1) is 17.1 Å². The summed E-state index contributed by atoms with van der Waals surface area (Å²) in [6, 6.07) is 5.45. The van der Waals surface area contributed by atoms with Gasteiger partial charge in [0.25, 0.3) is 11.8 Å². The Hall–Kier alpha value is -3.18. The van der Waals surface area contributed by atoms with E-state index in [4.69, 9.17) is 16.9 Å². The van der Waals surface area contributed by atoms with Gasteiger partial charge in [0.2, 0.25) is 0 Å². The largest absolute Gasteiger partial charge is 0.280 e. The van der Waals surface area contributed by atoms with Crippen molar-refractivity contribution in [1.82, 2.24) is 20.6 Å². The summed E-state index contributed by atoms with van der Waals surface area (Å²) < 4.78 is 15.1. The predicted molar refractivity (Wildman–Crippen MR) is 83.8 cm³/mol. The third-order valence-corrected chi connectivity index (χ3v) is 3.20. The summed E-state index contributed by atoms with van der Waals surface area (Å²) in [6.07, 6.45) is 4.36. The molecule has 2 rings (SSSR count). The molecule has 0 bridgehead atoms. The highest BCUT2D eigenvalue weighted by Gasteiger charge is 2.17. The molecule has 24 heavy (non-hydrogen) atoms. The third-order valence-electron chi connectivity index (χ3n) is 2.88. The van der Waals surface area contributed by atoms with Gasteiger partial charge < -0.3 is 0 Å². The molecule has 2 amide bonds. The lowest BCUT2D eigenvalue weighted by atomic mass is 10.2. The number of nitriles is 1. The highest BCUT2D eigenvalue weighted by molar-refractivity contribution is 6.33. The van der Waals surface area contributed by atoms with Crippen LogP contribution in [0.5, 0.6) is 0 Å². The fraction of sp³-hybridized carbons (Fsp3) is 0.0667. The van der Waals surface area contributed by atoms with Crippen LogP contribution in [-0.2, 0) is 11.8 Å². The minimum absolute atomic E-state index is 0.104. The highest BCUT2D eigenvalue weighted by Crippen LogP contribution is 2.18. The van der Waals surface area contributed by atoms with Crippen LogP contribution in [0.3, 0.4) is 0 Å². The molecule has 0 radical (unpaired) electrons. The predicted octanol–water partition coefficient (Wildman–Crippen LogP) is 1.58. The van der Waals surface area contributed by atoms with Crippen molar-refractivity contribution in [3.63, 3.8) is 0 Å². The molecule has 0 saturated carbocycles. The number of amides is 2. The van der Waals surface area contributed by atoms with Crippen molar-refractivity contribution in [2.24, 2.45) is 7.05 Å². The SMILES string of the molecule is Cn1cc(/C=C(\C#N)C(=O)NNC(=O)c2c(F)cccc2Cl)cn1. The maximum atomic E-state index is 13.6. The van der Waals surface area contributed by atoms with Crippen LogP contribution < -0.4 is 10.9 Å². The van der Waals surface area contributed by atoms with E-state index in [0.717, 1.165) is 6.07 Å². The first-order valence-corrected chi connectivity index (χ1v) is 6.95. The lowest BCUT2D eigenvalue weighted by Crippen LogP contribution is -2.42. The molecule has 122 valence electrons. The summed E-state index contributed by atoms with van der Waals surface area (Å²) >= 11 is 5.75. The molecule has 0 saturated heterocycles. The van der Waals surface area contributed by atoms with Gasteiger partial charge in [-0.05, 0) is 18.2 Å². The van der Waals surface area contributed by atoms with Crippen molar-refractivity contribution >= 4 is 29.5 Å². The second-order valence-corrected chi connectivity index (χ2v) is 5.03. The number of rotatable bonds is 3. The minimum atomic E-state index is -0.940. The Morgan fingerprint density at radius 3 is 2.75 bits per heavy atom. The number of halogens is 2. The molecule has 0 aliphatic carbocycles. The second kappa shape index (κ2) is 7.39. The van der Waals surface area contributed by atoms with Gasteiger partial charge in [-0.2, -0.15) is 10.4 Å². The van der Waals surface area contributed by atoms with E-state index in [1.165, 1.54) is 29.1 Å². The number of benzene rings is 1. The van der Waals surface area contributed by atoms with Crippen molar-refractivity contribution in [3.05, 3.63) is 58.1 Å². The van der Waals surface area contributed by atoms with Gasteiger partial charge in [0.15, 0.2) is 0 Å². The van der Waals surface area contributed by atoms with Crippen LogP contribution in [0.2, 0.25) is 5.02 Å². The smallest absolute Gasteiger partial charge is 0.275 e. The zero-order valence-corrected chi connectivity index (χ0v) is 13.1. The Labute approximate surface area is 141 Å². The maximum Gasteiger partial charge on any atom is 0.280 e. The Morgan fingerprint density at radius 1 is 1.42 bits per heavy atom. The third kappa shape index (κ3) is 3.97. The number of nitrogens with zero attached hydrogens (tertiary/aromatic N) is 3. The molecule has 0 spiro atoms. The van der Waals surface area contributed by atoms with Crippen LogP contribution in [0.4, 0.5) is 4.39 Å². The Kier molecular flexibility index (Phi) is 5.29. The molecule has 2 aromatic rings. The molecule has 1 aromatic heterocycles. The Morgan fingerprint density at radius 2 is 2.17 bits per heavy atom. The average Bonchev–Trinajstić information content (AvgIpc) is 2.95. The van der Waals surface area contributed by atoms with E-state index in [9.17, 15) is 14.0 Å². The summed E-state index contributed by atoms with van der Waals surface area (Å²) in [4.78, 5) is 23.8. The number of hydrogen-bond acceptors (Lipinski definition) is 4. The fourth-order valence-corrected chi connectivity index (χ4v) is 2.04. The van der Waals surface area contributed by atoms with Gasteiger partial charge in [-0.25, -0.2) is 4.39 Å². The normalized spacial score (nSPS) is 10.8. The van der Waals surface area contributed by atoms with E-state index in [1.807, 2.05) is 10.9 Å².